The zero-order valence-electron chi connectivity index (χ0n) is 12.0. The fourth-order valence-electron chi connectivity index (χ4n) is 2.54. The Morgan fingerprint density at radius 3 is 2.80 bits per heavy atom. The molecule has 2 aromatic rings. The number of aromatic nitrogens is 2. The zero-order valence-corrected chi connectivity index (χ0v) is 13.6. The van der Waals surface area contributed by atoms with Gasteiger partial charge in [0.2, 0.25) is 0 Å². The highest BCUT2D eigenvalue weighted by molar-refractivity contribution is 9.10. The molecule has 1 saturated carbocycles. The van der Waals surface area contributed by atoms with Crippen LogP contribution in [0.4, 0.5) is 0 Å². The van der Waals surface area contributed by atoms with Crippen LogP contribution in [-0.4, -0.2) is 20.7 Å². The van der Waals surface area contributed by atoms with E-state index < -0.39 is 0 Å². The largest absolute Gasteiger partial charge is 0.468 e. The van der Waals surface area contributed by atoms with Gasteiger partial charge in [0, 0.05) is 19.6 Å². The van der Waals surface area contributed by atoms with Crippen molar-refractivity contribution in [1.82, 2.24) is 14.7 Å². The van der Waals surface area contributed by atoms with Crippen LogP contribution in [0.15, 0.2) is 27.3 Å². The van der Waals surface area contributed by atoms with Crippen molar-refractivity contribution in [3.05, 3.63) is 40.0 Å². The normalized spacial score (nSPS) is 15.2. The van der Waals surface area contributed by atoms with Crippen molar-refractivity contribution < 1.29 is 4.42 Å². The number of aryl methyl sites for hydroxylation is 2. The molecule has 1 aliphatic carbocycles. The van der Waals surface area contributed by atoms with Crippen molar-refractivity contribution >= 4 is 15.9 Å². The van der Waals surface area contributed by atoms with Gasteiger partial charge in [0.15, 0.2) is 0 Å². The minimum Gasteiger partial charge on any atom is -0.468 e. The summed E-state index contributed by atoms with van der Waals surface area (Å²) in [5, 5.41) is 4.58. The van der Waals surface area contributed by atoms with Gasteiger partial charge in [-0.3, -0.25) is 9.58 Å². The highest BCUT2D eigenvalue weighted by atomic mass is 79.9. The summed E-state index contributed by atoms with van der Waals surface area (Å²) in [6.07, 6.45) is 5.28. The number of halogens is 1. The molecule has 2 heterocycles. The Labute approximate surface area is 127 Å². The second-order valence-corrected chi connectivity index (χ2v) is 6.19. The van der Waals surface area contributed by atoms with Crippen LogP contribution in [0.25, 0.3) is 0 Å². The van der Waals surface area contributed by atoms with E-state index in [0.717, 1.165) is 35.4 Å². The molecule has 0 bridgehead atoms. The van der Waals surface area contributed by atoms with Crippen LogP contribution >= 0.6 is 15.9 Å². The predicted octanol–water partition coefficient (Wildman–Crippen LogP) is 3.50. The first kappa shape index (κ1) is 13.9. The third-order valence-corrected chi connectivity index (χ3v) is 4.77. The average Bonchev–Trinajstić information content (AvgIpc) is 3.10. The van der Waals surface area contributed by atoms with Gasteiger partial charge >= 0.3 is 0 Å². The molecule has 0 radical (unpaired) electrons. The molecule has 0 atom stereocenters. The molecule has 1 aliphatic rings. The molecule has 5 heteroatoms. The van der Waals surface area contributed by atoms with Crippen molar-refractivity contribution in [3.8, 4) is 0 Å². The lowest BCUT2D eigenvalue weighted by Gasteiger charge is -2.21. The Balaban J connectivity index is 1.78. The first-order chi connectivity index (χ1) is 9.69. The maximum absolute atomic E-state index is 5.49. The van der Waals surface area contributed by atoms with Gasteiger partial charge in [-0.25, -0.2) is 0 Å². The molecule has 0 aliphatic heterocycles. The molecule has 108 valence electrons. The Morgan fingerprint density at radius 1 is 1.45 bits per heavy atom. The van der Waals surface area contributed by atoms with Crippen LogP contribution in [0.3, 0.4) is 0 Å². The van der Waals surface area contributed by atoms with Crippen LogP contribution in [0, 0.1) is 0 Å². The van der Waals surface area contributed by atoms with Crippen molar-refractivity contribution in [2.45, 2.75) is 45.3 Å². The Kier molecular flexibility index (Phi) is 3.98. The SMILES string of the molecule is CCc1nn(C)c(CN(Cc2ccco2)C2CC2)c1Br. The molecule has 2 aromatic heterocycles. The van der Waals surface area contributed by atoms with E-state index in [0.29, 0.717) is 6.04 Å². The molecule has 1 fully saturated rings. The summed E-state index contributed by atoms with van der Waals surface area (Å²) in [6, 6.07) is 4.69. The van der Waals surface area contributed by atoms with Gasteiger partial charge in [-0.2, -0.15) is 5.10 Å². The van der Waals surface area contributed by atoms with E-state index in [2.05, 4.69) is 32.9 Å². The van der Waals surface area contributed by atoms with Gasteiger partial charge in [0.1, 0.15) is 5.76 Å². The molecule has 0 saturated heterocycles. The fraction of sp³-hybridized carbons (Fsp3) is 0.533. The molecular formula is C15H20BrN3O. The lowest BCUT2D eigenvalue weighted by Crippen LogP contribution is -2.26. The van der Waals surface area contributed by atoms with Gasteiger partial charge in [0.25, 0.3) is 0 Å². The van der Waals surface area contributed by atoms with Crippen molar-refractivity contribution in [3.63, 3.8) is 0 Å². The summed E-state index contributed by atoms with van der Waals surface area (Å²) in [4.78, 5) is 2.49. The highest BCUT2D eigenvalue weighted by Gasteiger charge is 2.31. The monoisotopic (exact) mass is 337 g/mol. The lowest BCUT2D eigenvalue weighted by atomic mass is 10.2. The van der Waals surface area contributed by atoms with E-state index in [1.165, 1.54) is 18.5 Å². The molecule has 3 rings (SSSR count). The average molecular weight is 338 g/mol. The van der Waals surface area contributed by atoms with Crippen molar-refractivity contribution in [2.75, 3.05) is 0 Å². The van der Waals surface area contributed by atoms with E-state index in [-0.39, 0.29) is 0 Å². The van der Waals surface area contributed by atoms with E-state index >= 15 is 0 Å². The number of rotatable bonds is 6. The summed E-state index contributed by atoms with van der Waals surface area (Å²) < 4.78 is 8.65. The van der Waals surface area contributed by atoms with E-state index in [1.807, 2.05) is 23.9 Å². The third-order valence-electron chi connectivity index (χ3n) is 3.86. The van der Waals surface area contributed by atoms with Crippen LogP contribution < -0.4 is 0 Å². The first-order valence-electron chi connectivity index (χ1n) is 7.15. The van der Waals surface area contributed by atoms with E-state index in [4.69, 9.17) is 4.42 Å². The summed E-state index contributed by atoms with van der Waals surface area (Å²) in [5.41, 5.74) is 2.39. The topological polar surface area (TPSA) is 34.2 Å². The van der Waals surface area contributed by atoms with Gasteiger partial charge in [-0.05, 0) is 47.3 Å². The maximum atomic E-state index is 5.49. The van der Waals surface area contributed by atoms with Crippen molar-refractivity contribution in [2.24, 2.45) is 7.05 Å². The number of nitrogens with zero attached hydrogens (tertiary/aromatic N) is 3. The highest BCUT2D eigenvalue weighted by Crippen LogP contribution is 2.32. The number of furan rings is 1. The predicted molar refractivity (Wildman–Crippen MR) is 81.3 cm³/mol. The van der Waals surface area contributed by atoms with Crippen LogP contribution in [0.2, 0.25) is 0 Å². The Hall–Kier alpha value is -1.07. The van der Waals surface area contributed by atoms with Crippen molar-refractivity contribution in [1.29, 1.82) is 0 Å². The molecule has 0 spiro atoms. The summed E-state index contributed by atoms with van der Waals surface area (Å²) in [5.74, 6) is 1.03. The van der Waals surface area contributed by atoms with Gasteiger partial charge < -0.3 is 4.42 Å². The second kappa shape index (κ2) is 5.74. The number of hydrogen-bond acceptors (Lipinski definition) is 3. The molecule has 0 aromatic carbocycles. The Morgan fingerprint density at radius 2 is 2.25 bits per heavy atom. The van der Waals surface area contributed by atoms with Gasteiger partial charge in [-0.15, -0.1) is 0 Å². The molecule has 0 N–H and O–H groups in total. The number of hydrogen-bond donors (Lipinski definition) is 0. The first-order valence-corrected chi connectivity index (χ1v) is 7.95. The standard InChI is InChI=1S/C15H20BrN3O/c1-3-13-15(16)14(18(2)17-13)10-19(11-6-7-11)9-12-5-4-8-20-12/h4-5,8,11H,3,6-7,9-10H2,1-2H3. The zero-order chi connectivity index (χ0) is 14.1. The fourth-order valence-corrected chi connectivity index (χ4v) is 3.28. The Bertz CT molecular complexity index is 572. The smallest absolute Gasteiger partial charge is 0.117 e. The minimum absolute atomic E-state index is 0.687. The lowest BCUT2D eigenvalue weighted by molar-refractivity contribution is 0.219. The molecule has 0 unspecified atom stereocenters. The second-order valence-electron chi connectivity index (χ2n) is 5.40. The van der Waals surface area contributed by atoms with Gasteiger partial charge in [0.05, 0.1) is 28.7 Å². The molecule has 4 nitrogen and oxygen atoms in total. The maximum Gasteiger partial charge on any atom is 0.117 e. The quantitative estimate of drug-likeness (QED) is 0.808. The van der Waals surface area contributed by atoms with E-state index in [1.54, 1.807) is 6.26 Å². The summed E-state index contributed by atoms with van der Waals surface area (Å²) in [7, 11) is 2.03. The summed E-state index contributed by atoms with van der Waals surface area (Å²) >= 11 is 3.70. The minimum atomic E-state index is 0.687. The molecule has 0 amide bonds. The third kappa shape index (κ3) is 2.83. The summed E-state index contributed by atoms with van der Waals surface area (Å²) in [6.45, 7) is 3.92. The van der Waals surface area contributed by atoms with Gasteiger partial charge in [-0.1, -0.05) is 6.92 Å². The van der Waals surface area contributed by atoms with Crippen LogP contribution in [0.1, 0.15) is 36.9 Å². The molecule has 20 heavy (non-hydrogen) atoms. The van der Waals surface area contributed by atoms with Crippen LogP contribution in [0.5, 0.6) is 0 Å². The van der Waals surface area contributed by atoms with Crippen LogP contribution in [-0.2, 0) is 26.6 Å². The van der Waals surface area contributed by atoms with E-state index in [9.17, 15) is 0 Å². The molecular weight excluding hydrogens is 318 g/mol.